The van der Waals surface area contributed by atoms with Crippen LogP contribution < -0.4 is 4.74 Å². The fraction of sp³-hybridized carbons (Fsp3) is 0.438. The van der Waals surface area contributed by atoms with Crippen molar-refractivity contribution in [2.45, 2.75) is 32.5 Å². The van der Waals surface area contributed by atoms with E-state index >= 15 is 0 Å². The van der Waals surface area contributed by atoms with Crippen molar-refractivity contribution >= 4 is 5.97 Å². The zero-order valence-corrected chi connectivity index (χ0v) is 12.3. The Labute approximate surface area is 120 Å². The Morgan fingerprint density at radius 1 is 1.25 bits per heavy atom. The molecule has 0 fully saturated rings. The summed E-state index contributed by atoms with van der Waals surface area (Å²) in [4.78, 5) is 11.1. The Hall–Kier alpha value is -1.81. The molecule has 0 saturated carbocycles. The van der Waals surface area contributed by atoms with E-state index < -0.39 is 5.97 Å². The van der Waals surface area contributed by atoms with Gasteiger partial charge in [0.2, 0.25) is 0 Å². The zero-order valence-electron chi connectivity index (χ0n) is 12.3. The molecule has 110 valence electrons. The lowest BCUT2D eigenvalue weighted by Crippen LogP contribution is -2.35. The molecule has 0 radical (unpaired) electrons. The molecule has 0 spiro atoms. The molecule has 0 heterocycles. The molecule has 0 aromatic heterocycles. The van der Waals surface area contributed by atoms with E-state index in [1.54, 1.807) is 0 Å². The van der Waals surface area contributed by atoms with Crippen LogP contribution in [0.1, 0.15) is 20.8 Å². The number of esters is 1. The average Bonchev–Trinajstić information content (AvgIpc) is 2.41. The van der Waals surface area contributed by atoms with Crippen LogP contribution in [0.15, 0.2) is 43.0 Å². The van der Waals surface area contributed by atoms with Crippen molar-refractivity contribution < 1.29 is 19.0 Å². The van der Waals surface area contributed by atoms with E-state index in [1.165, 1.54) is 0 Å². The standard InChI is InChI=1S/C16H22O4/c1-5-15(17)19-12-14(20-16(2,3)4)11-18-13-9-7-6-8-10-13/h5-10,14H,1,11-12H2,2-4H3. The Bertz CT molecular complexity index is 420. The first-order valence-electron chi connectivity index (χ1n) is 6.55. The lowest BCUT2D eigenvalue weighted by atomic mass is 10.2. The van der Waals surface area contributed by atoms with Crippen LogP contribution in [0.5, 0.6) is 5.75 Å². The molecule has 1 atom stereocenters. The smallest absolute Gasteiger partial charge is 0.330 e. The number of carbonyl (C=O) groups is 1. The lowest BCUT2D eigenvalue weighted by Gasteiger charge is -2.27. The molecule has 0 aliphatic heterocycles. The summed E-state index contributed by atoms with van der Waals surface area (Å²) >= 11 is 0. The summed E-state index contributed by atoms with van der Waals surface area (Å²) in [6, 6.07) is 9.44. The first kappa shape index (κ1) is 16.2. The molecule has 20 heavy (non-hydrogen) atoms. The topological polar surface area (TPSA) is 44.8 Å². The van der Waals surface area contributed by atoms with Crippen LogP contribution in [0.2, 0.25) is 0 Å². The van der Waals surface area contributed by atoms with Gasteiger partial charge in [-0.1, -0.05) is 24.8 Å². The van der Waals surface area contributed by atoms with Gasteiger partial charge in [-0.3, -0.25) is 0 Å². The van der Waals surface area contributed by atoms with Crippen LogP contribution in [-0.2, 0) is 14.3 Å². The van der Waals surface area contributed by atoms with E-state index in [0.29, 0.717) is 6.61 Å². The highest BCUT2D eigenvalue weighted by Gasteiger charge is 2.20. The van der Waals surface area contributed by atoms with E-state index in [-0.39, 0.29) is 18.3 Å². The van der Waals surface area contributed by atoms with Crippen molar-refractivity contribution in [3.05, 3.63) is 43.0 Å². The zero-order chi connectivity index (χ0) is 15.0. The van der Waals surface area contributed by atoms with Crippen LogP contribution in [-0.4, -0.2) is 30.9 Å². The highest BCUT2D eigenvalue weighted by molar-refractivity contribution is 5.81. The number of hydrogen-bond acceptors (Lipinski definition) is 4. The SMILES string of the molecule is C=CC(=O)OCC(COc1ccccc1)OC(C)(C)C. The molecule has 0 N–H and O–H groups in total. The number of para-hydroxylation sites is 1. The van der Waals surface area contributed by atoms with Gasteiger partial charge in [-0.05, 0) is 32.9 Å². The monoisotopic (exact) mass is 278 g/mol. The van der Waals surface area contributed by atoms with E-state index in [0.717, 1.165) is 11.8 Å². The predicted molar refractivity (Wildman–Crippen MR) is 77.7 cm³/mol. The summed E-state index contributed by atoms with van der Waals surface area (Å²) in [5.74, 6) is 0.289. The summed E-state index contributed by atoms with van der Waals surface area (Å²) < 4.78 is 16.5. The molecule has 0 amide bonds. The van der Waals surface area contributed by atoms with Crippen LogP contribution in [0.3, 0.4) is 0 Å². The molecule has 1 aromatic carbocycles. The van der Waals surface area contributed by atoms with Gasteiger partial charge in [-0.25, -0.2) is 4.79 Å². The van der Waals surface area contributed by atoms with Crippen LogP contribution in [0.4, 0.5) is 0 Å². The second-order valence-electron chi connectivity index (χ2n) is 5.31. The fourth-order valence-corrected chi connectivity index (χ4v) is 1.56. The number of benzene rings is 1. The first-order chi connectivity index (χ1) is 9.40. The van der Waals surface area contributed by atoms with Gasteiger partial charge in [0.05, 0.1) is 5.60 Å². The third kappa shape index (κ3) is 6.95. The van der Waals surface area contributed by atoms with E-state index in [2.05, 4.69) is 6.58 Å². The maximum Gasteiger partial charge on any atom is 0.330 e. The highest BCUT2D eigenvalue weighted by atomic mass is 16.6. The largest absolute Gasteiger partial charge is 0.491 e. The van der Waals surface area contributed by atoms with Crippen molar-refractivity contribution in [3.8, 4) is 5.75 Å². The van der Waals surface area contributed by atoms with Gasteiger partial charge < -0.3 is 14.2 Å². The van der Waals surface area contributed by atoms with Gasteiger partial charge >= 0.3 is 5.97 Å². The van der Waals surface area contributed by atoms with Crippen molar-refractivity contribution in [2.75, 3.05) is 13.2 Å². The van der Waals surface area contributed by atoms with Crippen LogP contribution >= 0.6 is 0 Å². The van der Waals surface area contributed by atoms with Crippen molar-refractivity contribution in [1.29, 1.82) is 0 Å². The molecule has 4 nitrogen and oxygen atoms in total. The maximum atomic E-state index is 11.1. The molecule has 1 unspecified atom stereocenters. The third-order valence-electron chi connectivity index (χ3n) is 2.28. The number of ether oxygens (including phenoxy) is 3. The van der Waals surface area contributed by atoms with E-state index in [4.69, 9.17) is 14.2 Å². The average molecular weight is 278 g/mol. The molecule has 0 aliphatic rings. The normalized spacial score (nSPS) is 12.6. The van der Waals surface area contributed by atoms with Gasteiger partial charge in [-0.15, -0.1) is 0 Å². The van der Waals surface area contributed by atoms with Crippen molar-refractivity contribution in [1.82, 2.24) is 0 Å². The number of carbonyl (C=O) groups excluding carboxylic acids is 1. The summed E-state index contributed by atoms with van der Waals surface area (Å²) in [7, 11) is 0. The summed E-state index contributed by atoms with van der Waals surface area (Å²) in [6.45, 7) is 9.63. The van der Waals surface area contributed by atoms with Crippen molar-refractivity contribution in [2.24, 2.45) is 0 Å². The summed E-state index contributed by atoms with van der Waals surface area (Å²) in [5.41, 5.74) is -0.342. The predicted octanol–water partition coefficient (Wildman–Crippen LogP) is 2.98. The first-order valence-corrected chi connectivity index (χ1v) is 6.55. The van der Waals surface area contributed by atoms with E-state index in [9.17, 15) is 4.79 Å². The van der Waals surface area contributed by atoms with Crippen LogP contribution in [0, 0.1) is 0 Å². The minimum absolute atomic E-state index is 0.134. The molecule has 4 heteroatoms. The number of hydrogen-bond donors (Lipinski definition) is 0. The minimum atomic E-state index is -0.466. The minimum Gasteiger partial charge on any atom is -0.491 e. The Morgan fingerprint density at radius 2 is 1.90 bits per heavy atom. The Kier molecular flexibility index (Phi) is 6.25. The second-order valence-corrected chi connectivity index (χ2v) is 5.31. The number of rotatable bonds is 7. The molecule has 1 rings (SSSR count). The van der Waals surface area contributed by atoms with Gasteiger partial charge in [0, 0.05) is 6.08 Å². The van der Waals surface area contributed by atoms with Gasteiger partial charge in [0.25, 0.3) is 0 Å². The third-order valence-corrected chi connectivity index (χ3v) is 2.28. The maximum absolute atomic E-state index is 11.1. The Morgan fingerprint density at radius 3 is 2.45 bits per heavy atom. The molecular weight excluding hydrogens is 256 g/mol. The van der Waals surface area contributed by atoms with E-state index in [1.807, 2.05) is 51.1 Å². The molecular formula is C16H22O4. The second kappa shape index (κ2) is 7.70. The fourth-order valence-electron chi connectivity index (χ4n) is 1.56. The van der Waals surface area contributed by atoms with Crippen LogP contribution in [0.25, 0.3) is 0 Å². The molecule has 0 aliphatic carbocycles. The molecule has 1 aromatic rings. The highest BCUT2D eigenvalue weighted by Crippen LogP contribution is 2.14. The van der Waals surface area contributed by atoms with Gasteiger partial charge in [-0.2, -0.15) is 0 Å². The van der Waals surface area contributed by atoms with Gasteiger partial charge in [0.1, 0.15) is 25.1 Å². The quantitative estimate of drug-likeness (QED) is 0.568. The Balaban J connectivity index is 2.53. The molecule has 0 saturated heterocycles. The van der Waals surface area contributed by atoms with Gasteiger partial charge in [0.15, 0.2) is 0 Å². The molecule has 0 bridgehead atoms. The lowest BCUT2D eigenvalue weighted by molar-refractivity contribution is -0.149. The van der Waals surface area contributed by atoms with Crippen molar-refractivity contribution in [3.63, 3.8) is 0 Å². The summed E-state index contributed by atoms with van der Waals surface area (Å²) in [6.07, 6.45) is 0.797. The summed E-state index contributed by atoms with van der Waals surface area (Å²) in [5, 5.41) is 0.